The minimum atomic E-state index is 0.787. The highest BCUT2D eigenvalue weighted by molar-refractivity contribution is 5.17. The Labute approximate surface area is 61.9 Å². The normalized spacial score (nSPS) is 15.5. The second-order valence-electron chi connectivity index (χ2n) is 2.44. The zero-order valence-electron chi connectivity index (χ0n) is 6.14. The maximum atomic E-state index is 5.38. The Hall–Kier alpha value is -0.780. The molecule has 0 spiro atoms. The number of hydrogen-bond donors (Lipinski definition) is 1. The van der Waals surface area contributed by atoms with Crippen LogP contribution in [0.4, 0.5) is 0 Å². The van der Waals surface area contributed by atoms with E-state index in [1.54, 1.807) is 0 Å². The SMILES string of the molecule is NCCCC1=C=CC=CC1. The molecule has 1 rings (SSSR count). The Morgan fingerprint density at radius 1 is 1.60 bits per heavy atom. The van der Waals surface area contributed by atoms with Gasteiger partial charge in [0.2, 0.25) is 0 Å². The molecule has 0 saturated heterocycles. The number of allylic oxidation sites excluding steroid dienone is 3. The third-order valence-electron chi connectivity index (χ3n) is 1.57. The van der Waals surface area contributed by atoms with Crippen LogP contribution in [-0.4, -0.2) is 6.54 Å². The summed E-state index contributed by atoms with van der Waals surface area (Å²) in [6.45, 7) is 0.787. The van der Waals surface area contributed by atoms with Gasteiger partial charge in [0.1, 0.15) is 0 Å². The lowest BCUT2D eigenvalue weighted by Crippen LogP contribution is -1.98. The van der Waals surface area contributed by atoms with Crippen LogP contribution in [-0.2, 0) is 0 Å². The first-order chi connectivity index (χ1) is 4.93. The van der Waals surface area contributed by atoms with Crippen molar-refractivity contribution in [1.29, 1.82) is 0 Å². The molecule has 0 atom stereocenters. The molecule has 1 aliphatic rings. The van der Waals surface area contributed by atoms with Crippen LogP contribution in [0.2, 0.25) is 0 Å². The lowest BCUT2D eigenvalue weighted by molar-refractivity contribution is 0.809. The molecule has 1 heteroatoms. The van der Waals surface area contributed by atoms with E-state index in [0.717, 1.165) is 25.8 Å². The number of rotatable bonds is 3. The molecule has 2 N–H and O–H groups in total. The predicted octanol–water partition coefficient (Wildman–Crippen LogP) is 1.77. The highest BCUT2D eigenvalue weighted by Gasteiger charge is 1.94. The van der Waals surface area contributed by atoms with E-state index in [0.29, 0.717) is 0 Å². The smallest absolute Gasteiger partial charge is 0.00592 e. The van der Waals surface area contributed by atoms with E-state index in [1.165, 1.54) is 5.57 Å². The molecule has 0 amide bonds. The first-order valence-electron chi connectivity index (χ1n) is 3.73. The summed E-state index contributed by atoms with van der Waals surface area (Å²) in [5.41, 5.74) is 9.96. The molecule has 0 unspecified atom stereocenters. The third kappa shape index (κ3) is 2.22. The van der Waals surface area contributed by atoms with E-state index < -0.39 is 0 Å². The van der Waals surface area contributed by atoms with Crippen molar-refractivity contribution in [2.24, 2.45) is 5.73 Å². The molecule has 1 nitrogen and oxygen atoms in total. The zero-order valence-corrected chi connectivity index (χ0v) is 6.14. The van der Waals surface area contributed by atoms with E-state index in [1.807, 2.05) is 12.2 Å². The molecule has 0 radical (unpaired) electrons. The van der Waals surface area contributed by atoms with Crippen LogP contribution in [0, 0.1) is 0 Å². The Morgan fingerprint density at radius 2 is 2.50 bits per heavy atom. The van der Waals surface area contributed by atoms with E-state index in [2.05, 4.69) is 11.8 Å². The average molecular weight is 135 g/mol. The van der Waals surface area contributed by atoms with E-state index in [-0.39, 0.29) is 0 Å². The van der Waals surface area contributed by atoms with Gasteiger partial charge in [-0.3, -0.25) is 0 Å². The van der Waals surface area contributed by atoms with Gasteiger partial charge in [0, 0.05) is 0 Å². The molecular weight excluding hydrogens is 122 g/mol. The topological polar surface area (TPSA) is 26.0 Å². The molecule has 54 valence electrons. The van der Waals surface area contributed by atoms with Crippen LogP contribution in [0.5, 0.6) is 0 Å². The fraction of sp³-hybridized carbons (Fsp3) is 0.444. The second kappa shape index (κ2) is 4.10. The Balaban J connectivity index is 2.35. The number of hydrogen-bond acceptors (Lipinski definition) is 1. The average Bonchev–Trinajstić information content (AvgIpc) is 2.03. The highest BCUT2D eigenvalue weighted by Crippen LogP contribution is 2.10. The maximum Gasteiger partial charge on any atom is -0.00592 e. The predicted molar refractivity (Wildman–Crippen MR) is 43.6 cm³/mol. The molecule has 0 aliphatic heterocycles. The first kappa shape index (κ1) is 7.33. The molecule has 0 fully saturated rings. The summed E-state index contributed by atoms with van der Waals surface area (Å²) < 4.78 is 0. The molecule has 10 heavy (non-hydrogen) atoms. The van der Waals surface area contributed by atoms with Crippen molar-refractivity contribution in [3.63, 3.8) is 0 Å². The molecule has 0 aromatic rings. The van der Waals surface area contributed by atoms with Crippen LogP contribution in [0.15, 0.2) is 29.5 Å². The van der Waals surface area contributed by atoms with Gasteiger partial charge in [-0.05, 0) is 37.5 Å². The summed E-state index contributed by atoms with van der Waals surface area (Å²) in [6.07, 6.45) is 9.42. The van der Waals surface area contributed by atoms with Gasteiger partial charge < -0.3 is 5.73 Å². The second-order valence-corrected chi connectivity index (χ2v) is 2.44. The molecule has 0 saturated carbocycles. The van der Waals surface area contributed by atoms with Crippen molar-refractivity contribution in [3.8, 4) is 0 Å². The van der Waals surface area contributed by atoms with Crippen molar-refractivity contribution in [3.05, 3.63) is 29.5 Å². The highest BCUT2D eigenvalue weighted by atomic mass is 14.5. The molecule has 0 aromatic heterocycles. The van der Waals surface area contributed by atoms with Crippen LogP contribution in [0.25, 0.3) is 0 Å². The van der Waals surface area contributed by atoms with Crippen LogP contribution in [0.1, 0.15) is 19.3 Å². The van der Waals surface area contributed by atoms with Gasteiger partial charge in [0.15, 0.2) is 0 Å². The van der Waals surface area contributed by atoms with E-state index in [4.69, 9.17) is 5.73 Å². The minimum Gasteiger partial charge on any atom is -0.330 e. The van der Waals surface area contributed by atoms with E-state index >= 15 is 0 Å². The van der Waals surface area contributed by atoms with E-state index in [9.17, 15) is 0 Å². The van der Waals surface area contributed by atoms with Gasteiger partial charge >= 0.3 is 0 Å². The van der Waals surface area contributed by atoms with Crippen molar-refractivity contribution >= 4 is 0 Å². The minimum absolute atomic E-state index is 0.787. The summed E-state index contributed by atoms with van der Waals surface area (Å²) in [5.74, 6) is 0. The van der Waals surface area contributed by atoms with Crippen LogP contribution < -0.4 is 5.73 Å². The monoisotopic (exact) mass is 135 g/mol. The van der Waals surface area contributed by atoms with Crippen molar-refractivity contribution < 1.29 is 0 Å². The fourth-order valence-electron chi connectivity index (χ4n) is 0.993. The maximum absolute atomic E-state index is 5.38. The largest absolute Gasteiger partial charge is 0.330 e. The van der Waals surface area contributed by atoms with Crippen LogP contribution >= 0.6 is 0 Å². The Bertz CT molecular complexity index is 183. The fourth-order valence-corrected chi connectivity index (χ4v) is 0.993. The number of nitrogens with two attached hydrogens (primary N) is 1. The van der Waals surface area contributed by atoms with Gasteiger partial charge in [0.25, 0.3) is 0 Å². The van der Waals surface area contributed by atoms with Gasteiger partial charge in [-0.15, -0.1) is 5.73 Å². The van der Waals surface area contributed by atoms with Gasteiger partial charge in [-0.1, -0.05) is 12.2 Å². The zero-order chi connectivity index (χ0) is 7.23. The molecule has 0 heterocycles. The molecular formula is C9H13N. The third-order valence-corrected chi connectivity index (χ3v) is 1.57. The lowest BCUT2D eigenvalue weighted by atomic mass is 10.1. The molecule has 1 aliphatic carbocycles. The summed E-state index contributed by atoms with van der Waals surface area (Å²) in [7, 11) is 0. The van der Waals surface area contributed by atoms with Crippen molar-refractivity contribution in [2.75, 3.05) is 6.54 Å². The Kier molecular flexibility index (Phi) is 3.01. The quantitative estimate of drug-likeness (QED) is 0.586. The lowest BCUT2D eigenvalue weighted by Gasteiger charge is -2.01. The van der Waals surface area contributed by atoms with Gasteiger partial charge in [-0.25, -0.2) is 0 Å². The summed E-state index contributed by atoms with van der Waals surface area (Å²) in [6, 6.07) is 0. The molecule has 0 bridgehead atoms. The first-order valence-corrected chi connectivity index (χ1v) is 3.73. The Morgan fingerprint density at radius 3 is 3.10 bits per heavy atom. The van der Waals surface area contributed by atoms with Gasteiger partial charge in [-0.2, -0.15) is 0 Å². The van der Waals surface area contributed by atoms with Gasteiger partial charge in [0.05, 0.1) is 0 Å². The van der Waals surface area contributed by atoms with Crippen molar-refractivity contribution in [1.82, 2.24) is 0 Å². The standard InChI is InChI=1S/C9H13N/c10-8-4-7-9-5-2-1-3-6-9/h1-3H,4-5,7-8,10H2. The molecule has 0 aromatic carbocycles. The summed E-state index contributed by atoms with van der Waals surface area (Å²) in [5, 5.41) is 0. The van der Waals surface area contributed by atoms with Crippen LogP contribution in [0.3, 0.4) is 0 Å². The van der Waals surface area contributed by atoms with Crippen molar-refractivity contribution in [2.45, 2.75) is 19.3 Å². The summed E-state index contributed by atoms with van der Waals surface area (Å²) >= 11 is 0. The summed E-state index contributed by atoms with van der Waals surface area (Å²) in [4.78, 5) is 0.